The van der Waals surface area contributed by atoms with E-state index in [1.54, 1.807) is 9.58 Å². The number of nitrogens with one attached hydrogen (secondary N) is 1. The quantitative estimate of drug-likeness (QED) is 0.416. The number of ether oxygens (including phenoxy) is 2. The van der Waals surface area contributed by atoms with Crippen molar-refractivity contribution in [2.75, 3.05) is 33.4 Å². The van der Waals surface area contributed by atoms with Gasteiger partial charge in [0.2, 0.25) is 0 Å². The number of hydrogen-bond acceptors (Lipinski definition) is 8. The lowest BCUT2D eigenvalue weighted by molar-refractivity contribution is -0.155. The number of carboxylic acid groups (broad SMARTS) is 1. The molecule has 0 bridgehead atoms. The zero-order chi connectivity index (χ0) is 26.7. The molecule has 37 heavy (non-hydrogen) atoms. The second-order valence-corrected chi connectivity index (χ2v) is 9.45. The van der Waals surface area contributed by atoms with Crippen molar-refractivity contribution in [2.45, 2.75) is 63.9 Å². The first-order valence-electron chi connectivity index (χ1n) is 12.4. The Kier molecular flexibility index (Phi) is 8.13. The minimum Gasteiger partial charge on any atom is -0.465 e. The van der Waals surface area contributed by atoms with E-state index in [1.165, 1.54) is 7.11 Å². The summed E-state index contributed by atoms with van der Waals surface area (Å²) in [6.45, 7) is 4.16. The molecule has 2 aromatic heterocycles. The fourth-order valence-corrected chi connectivity index (χ4v) is 4.70. The Morgan fingerprint density at radius 3 is 2.73 bits per heavy atom. The molecule has 1 aliphatic heterocycles. The third-order valence-electron chi connectivity index (χ3n) is 6.80. The molecule has 0 radical (unpaired) electrons. The van der Waals surface area contributed by atoms with Gasteiger partial charge in [-0.15, -0.1) is 0 Å². The highest BCUT2D eigenvalue weighted by Crippen LogP contribution is 2.37. The van der Waals surface area contributed by atoms with Crippen molar-refractivity contribution in [1.29, 1.82) is 0 Å². The van der Waals surface area contributed by atoms with E-state index in [4.69, 9.17) is 9.84 Å². The van der Waals surface area contributed by atoms with E-state index in [2.05, 4.69) is 15.0 Å². The summed E-state index contributed by atoms with van der Waals surface area (Å²) in [5.74, 6) is -0.289. The third kappa shape index (κ3) is 5.77. The van der Waals surface area contributed by atoms with Crippen molar-refractivity contribution in [3.05, 3.63) is 23.5 Å². The number of aryl methyl sites for hydroxylation is 2. The third-order valence-corrected chi connectivity index (χ3v) is 6.80. The number of methoxy groups -OCH3 is 1. The van der Waals surface area contributed by atoms with Gasteiger partial charge in [0.15, 0.2) is 11.8 Å². The minimum absolute atomic E-state index is 0.0165. The van der Waals surface area contributed by atoms with E-state index < -0.39 is 30.4 Å². The molecule has 1 saturated carbocycles. The van der Waals surface area contributed by atoms with Crippen LogP contribution in [0.1, 0.15) is 43.6 Å². The maximum absolute atomic E-state index is 13.7. The fourth-order valence-electron chi connectivity index (χ4n) is 4.70. The molecule has 4 rings (SSSR count). The zero-order valence-electron chi connectivity index (χ0n) is 21.3. The van der Waals surface area contributed by atoms with E-state index >= 15 is 0 Å². The topological polar surface area (TPSA) is 159 Å². The number of alkyl carbamates (subject to hydrolysis) is 1. The fraction of sp³-hybridized carbons (Fsp3) is 0.625. The van der Waals surface area contributed by atoms with Crippen LogP contribution in [0.4, 0.5) is 9.59 Å². The number of rotatable bonds is 9. The van der Waals surface area contributed by atoms with E-state index in [9.17, 15) is 24.6 Å². The van der Waals surface area contributed by atoms with Crippen molar-refractivity contribution in [3.8, 4) is 0 Å². The number of aliphatic hydroxyl groups excluding tert-OH is 1. The Labute approximate surface area is 214 Å². The van der Waals surface area contributed by atoms with E-state index in [0.29, 0.717) is 30.9 Å². The lowest BCUT2D eigenvalue weighted by Crippen LogP contribution is -2.58. The smallest absolute Gasteiger partial charge is 0.407 e. The van der Waals surface area contributed by atoms with Gasteiger partial charge in [-0.25, -0.2) is 19.3 Å². The number of aliphatic hydroxyl groups is 1. The SMILES string of the molecule is COC(=O)NCCCn1nc([C@@H](C)N(C(=O)[C@H]2CN(C(=O)O)[C@@H](CO)CO2)C2CC2)c2ccc(C)nc21. The van der Waals surface area contributed by atoms with Crippen molar-refractivity contribution in [1.82, 2.24) is 29.9 Å². The molecular weight excluding hydrogens is 484 g/mol. The van der Waals surface area contributed by atoms with Crippen LogP contribution in [0.2, 0.25) is 0 Å². The maximum Gasteiger partial charge on any atom is 0.407 e. The van der Waals surface area contributed by atoms with Gasteiger partial charge in [-0.2, -0.15) is 5.10 Å². The van der Waals surface area contributed by atoms with Crippen LogP contribution < -0.4 is 5.32 Å². The van der Waals surface area contributed by atoms with Gasteiger partial charge in [-0.05, 0) is 45.2 Å². The predicted molar refractivity (Wildman–Crippen MR) is 131 cm³/mol. The molecule has 0 spiro atoms. The van der Waals surface area contributed by atoms with Crippen LogP contribution in [-0.2, 0) is 20.8 Å². The highest BCUT2D eigenvalue weighted by molar-refractivity contribution is 5.85. The number of hydrogen-bond donors (Lipinski definition) is 3. The first kappa shape index (κ1) is 26.6. The van der Waals surface area contributed by atoms with Crippen LogP contribution in [0.5, 0.6) is 0 Å². The highest BCUT2D eigenvalue weighted by Gasteiger charge is 2.44. The first-order chi connectivity index (χ1) is 17.7. The first-order valence-corrected chi connectivity index (χ1v) is 12.4. The van der Waals surface area contributed by atoms with Gasteiger partial charge < -0.3 is 29.9 Å². The lowest BCUT2D eigenvalue weighted by Gasteiger charge is -2.39. The molecular formula is C24H34N6O7. The van der Waals surface area contributed by atoms with E-state index in [-0.39, 0.29) is 31.7 Å². The second kappa shape index (κ2) is 11.3. The van der Waals surface area contributed by atoms with Gasteiger partial charge in [-0.1, -0.05) is 0 Å². The zero-order valence-corrected chi connectivity index (χ0v) is 21.3. The molecule has 202 valence electrons. The van der Waals surface area contributed by atoms with Crippen LogP contribution in [0, 0.1) is 6.92 Å². The van der Waals surface area contributed by atoms with E-state index in [0.717, 1.165) is 28.8 Å². The number of carbonyl (C=O) groups is 3. The second-order valence-electron chi connectivity index (χ2n) is 9.45. The molecule has 2 aromatic rings. The molecule has 3 amide bonds. The number of fused-ring (bicyclic) bond motifs is 1. The van der Waals surface area contributed by atoms with Crippen molar-refractivity contribution in [3.63, 3.8) is 0 Å². The van der Waals surface area contributed by atoms with Crippen LogP contribution in [-0.4, -0.2) is 104 Å². The van der Waals surface area contributed by atoms with Crippen LogP contribution >= 0.6 is 0 Å². The molecule has 1 aliphatic carbocycles. The number of nitrogens with zero attached hydrogens (tertiary/aromatic N) is 5. The lowest BCUT2D eigenvalue weighted by atomic mass is 10.1. The maximum atomic E-state index is 13.7. The molecule has 3 heterocycles. The average molecular weight is 519 g/mol. The Morgan fingerprint density at radius 1 is 1.32 bits per heavy atom. The molecule has 2 fully saturated rings. The van der Waals surface area contributed by atoms with Gasteiger partial charge in [0.25, 0.3) is 5.91 Å². The largest absolute Gasteiger partial charge is 0.465 e. The van der Waals surface area contributed by atoms with Gasteiger partial charge >= 0.3 is 12.2 Å². The molecule has 13 heteroatoms. The van der Waals surface area contributed by atoms with Crippen LogP contribution in [0.15, 0.2) is 12.1 Å². The predicted octanol–water partition coefficient (Wildman–Crippen LogP) is 1.28. The molecule has 1 saturated heterocycles. The Bertz CT molecular complexity index is 1150. The molecule has 3 N–H and O–H groups in total. The van der Waals surface area contributed by atoms with Crippen LogP contribution in [0.25, 0.3) is 11.0 Å². The van der Waals surface area contributed by atoms with Crippen LogP contribution in [0.3, 0.4) is 0 Å². The number of aromatic nitrogens is 3. The molecule has 2 aliphatic rings. The van der Waals surface area contributed by atoms with Gasteiger partial charge in [0.05, 0.1) is 44.6 Å². The standard InChI is InChI=1S/C24H34N6O7/c1-14-5-8-18-20(27-29(21(18)26-14)10-4-9-25-23(33)36-3)15(2)30(16-6-7-16)22(32)19-11-28(24(34)35)17(12-31)13-37-19/h5,8,15-17,19,31H,4,6-7,9-13H2,1-3H3,(H,25,33)(H,34,35)/t15-,17+,19-/m1/s1. The summed E-state index contributed by atoms with van der Waals surface area (Å²) < 4.78 is 12.1. The molecule has 13 nitrogen and oxygen atoms in total. The van der Waals surface area contributed by atoms with Crippen molar-refractivity contribution < 1.29 is 34.1 Å². The number of pyridine rings is 1. The van der Waals surface area contributed by atoms with Crippen molar-refractivity contribution in [2.24, 2.45) is 0 Å². The minimum atomic E-state index is -1.20. The Morgan fingerprint density at radius 2 is 2.08 bits per heavy atom. The number of morpholine rings is 1. The number of amides is 3. The monoisotopic (exact) mass is 518 g/mol. The number of carbonyl (C=O) groups excluding carboxylic acids is 2. The summed E-state index contributed by atoms with van der Waals surface area (Å²) in [5, 5.41) is 27.4. The summed E-state index contributed by atoms with van der Waals surface area (Å²) in [7, 11) is 1.31. The molecule has 0 aromatic carbocycles. The summed E-state index contributed by atoms with van der Waals surface area (Å²) in [6, 6.07) is 2.76. The summed E-state index contributed by atoms with van der Waals surface area (Å²) in [4.78, 5) is 44.2. The van der Waals surface area contributed by atoms with Gasteiger partial charge in [-0.3, -0.25) is 9.69 Å². The average Bonchev–Trinajstić information content (AvgIpc) is 3.66. The summed E-state index contributed by atoms with van der Waals surface area (Å²) >= 11 is 0. The molecule has 0 unspecified atom stereocenters. The van der Waals surface area contributed by atoms with E-state index in [1.807, 2.05) is 26.0 Å². The Balaban J connectivity index is 1.57. The van der Waals surface area contributed by atoms with Gasteiger partial charge in [0, 0.05) is 30.2 Å². The van der Waals surface area contributed by atoms with Gasteiger partial charge in [0.1, 0.15) is 0 Å². The highest BCUT2D eigenvalue weighted by atomic mass is 16.5. The summed E-state index contributed by atoms with van der Waals surface area (Å²) in [6.07, 6.45) is -0.351. The molecule has 3 atom stereocenters. The summed E-state index contributed by atoms with van der Waals surface area (Å²) in [5.41, 5.74) is 2.22. The van der Waals surface area contributed by atoms with Crippen molar-refractivity contribution >= 4 is 29.1 Å². The normalized spacial score (nSPS) is 20.5. The Hall–Kier alpha value is -3.45.